The zero-order valence-electron chi connectivity index (χ0n) is 23.1. The number of hydrogen-bond donors (Lipinski definition) is 1. The second-order valence-electron chi connectivity index (χ2n) is 11.5. The van der Waals surface area contributed by atoms with Crippen molar-refractivity contribution < 1.29 is 9.59 Å². The van der Waals surface area contributed by atoms with Crippen molar-refractivity contribution >= 4 is 22.6 Å². The highest BCUT2D eigenvalue weighted by molar-refractivity contribution is 5.94. The number of nitrogens with two attached hydrogens (primary N) is 1. The predicted molar refractivity (Wildman–Crippen MR) is 160 cm³/mol. The Kier molecular flexibility index (Phi) is 6.93. The van der Waals surface area contributed by atoms with Gasteiger partial charge in [-0.15, -0.1) is 0 Å². The van der Waals surface area contributed by atoms with E-state index in [1.165, 1.54) is 16.3 Å². The van der Waals surface area contributed by atoms with E-state index in [0.29, 0.717) is 31.5 Å². The lowest BCUT2D eigenvalue weighted by Crippen LogP contribution is -2.61. The SMILES string of the molecule is CCN1CCC(C(N)=O)(c2ccccc2)CC1C1(c2ccc3ccccc3c2)CCN(C(=O)c2ccccc2)C1. The lowest BCUT2D eigenvalue weighted by Gasteiger charge is -2.52. The fourth-order valence-corrected chi connectivity index (χ4v) is 7.33. The van der Waals surface area contributed by atoms with Crippen molar-refractivity contribution in [3.05, 3.63) is 120 Å². The van der Waals surface area contributed by atoms with Gasteiger partial charge in [-0.2, -0.15) is 0 Å². The van der Waals surface area contributed by atoms with Crippen molar-refractivity contribution in [2.24, 2.45) is 5.73 Å². The molecule has 5 nitrogen and oxygen atoms in total. The molecule has 2 amide bonds. The second kappa shape index (κ2) is 10.5. The molecular formula is C35H37N3O2. The number of likely N-dealkylation sites (tertiary alicyclic amines) is 2. The Morgan fingerprint density at radius 3 is 2.17 bits per heavy atom. The molecule has 2 N–H and O–H groups in total. The van der Waals surface area contributed by atoms with Crippen molar-refractivity contribution in [3.63, 3.8) is 0 Å². The topological polar surface area (TPSA) is 66.6 Å². The predicted octanol–water partition coefficient (Wildman–Crippen LogP) is 5.53. The minimum absolute atomic E-state index is 0.0358. The van der Waals surface area contributed by atoms with Gasteiger partial charge in [-0.25, -0.2) is 0 Å². The van der Waals surface area contributed by atoms with Crippen molar-refractivity contribution in [1.29, 1.82) is 0 Å². The number of likely N-dealkylation sites (N-methyl/N-ethyl adjacent to an activating group) is 1. The van der Waals surface area contributed by atoms with E-state index in [-0.39, 0.29) is 23.3 Å². The summed E-state index contributed by atoms with van der Waals surface area (Å²) in [4.78, 5) is 31.6. The standard InChI is InChI=1S/C35H37N3O2/c1-2-37-21-19-34(33(36)40,29-15-7-4-8-16-29)24-31(37)35(30-18-17-26-11-9-10-14-28(26)23-30)20-22-38(25-35)32(39)27-12-5-3-6-13-27/h3-18,23,31H,2,19-22,24-25H2,1H3,(H2,36,40). The van der Waals surface area contributed by atoms with E-state index in [1.54, 1.807) is 0 Å². The van der Waals surface area contributed by atoms with Crippen LogP contribution in [0.3, 0.4) is 0 Å². The summed E-state index contributed by atoms with van der Waals surface area (Å²) in [6.07, 6.45) is 2.15. The van der Waals surface area contributed by atoms with Gasteiger partial charge in [0.15, 0.2) is 0 Å². The number of hydrogen-bond acceptors (Lipinski definition) is 3. The molecule has 2 fully saturated rings. The molecule has 3 atom stereocenters. The smallest absolute Gasteiger partial charge is 0.253 e. The average molecular weight is 532 g/mol. The van der Waals surface area contributed by atoms with Gasteiger partial charge in [0, 0.05) is 30.1 Å². The summed E-state index contributed by atoms with van der Waals surface area (Å²) in [5, 5.41) is 2.39. The van der Waals surface area contributed by atoms with Gasteiger partial charge in [-0.05, 0) is 66.4 Å². The highest BCUT2D eigenvalue weighted by atomic mass is 16.2. The third-order valence-corrected chi connectivity index (χ3v) is 9.58. The molecule has 0 radical (unpaired) electrons. The molecule has 0 saturated carbocycles. The van der Waals surface area contributed by atoms with Crippen LogP contribution >= 0.6 is 0 Å². The average Bonchev–Trinajstić information content (AvgIpc) is 3.47. The van der Waals surface area contributed by atoms with Crippen molar-refractivity contribution in [2.45, 2.75) is 43.1 Å². The molecule has 40 heavy (non-hydrogen) atoms. The summed E-state index contributed by atoms with van der Waals surface area (Å²) in [6, 6.07) is 34.9. The zero-order chi connectivity index (χ0) is 27.7. The van der Waals surface area contributed by atoms with Gasteiger partial charge >= 0.3 is 0 Å². The molecule has 0 spiro atoms. The Hall–Kier alpha value is -3.96. The maximum Gasteiger partial charge on any atom is 0.253 e. The van der Waals surface area contributed by atoms with Crippen LogP contribution in [0.2, 0.25) is 0 Å². The molecule has 2 aliphatic heterocycles. The Labute approximate surface area is 236 Å². The Bertz CT molecular complexity index is 1520. The summed E-state index contributed by atoms with van der Waals surface area (Å²) in [7, 11) is 0. The highest BCUT2D eigenvalue weighted by Gasteiger charge is 2.55. The number of piperidine rings is 1. The lowest BCUT2D eigenvalue weighted by molar-refractivity contribution is -0.127. The molecule has 2 aliphatic rings. The molecule has 0 aromatic heterocycles. The number of primary amides is 1. The van der Waals surface area contributed by atoms with Gasteiger partial charge in [-0.1, -0.05) is 97.9 Å². The van der Waals surface area contributed by atoms with E-state index in [0.717, 1.165) is 25.1 Å². The minimum atomic E-state index is -0.752. The molecule has 0 aliphatic carbocycles. The van der Waals surface area contributed by atoms with Crippen LogP contribution in [0.25, 0.3) is 10.8 Å². The van der Waals surface area contributed by atoms with Crippen LogP contribution in [-0.2, 0) is 15.6 Å². The molecule has 5 heteroatoms. The molecule has 2 heterocycles. The van der Waals surface area contributed by atoms with Gasteiger partial charge < -0.3 is 10.6 Å². The van der Waals surface area contributed by atoms with Crippen LogP contribution in [0.1, 0.15) is 47.7 Å². The number of carbonyl (C=O) groups excluding carboxylic acids is 2. The number of benzene rings is 4. The summed E-state index contributed by atoms with van der Waals surface area (Å²) in [6.45, 7) is 5.12. The van der Waals surface area contributed by atoms with Crippen molar-refractivity contribution in [2.75, 3.05) is 26.2 Å². The number of nitrogens with zero attached hydrogens (tertiary/aromatic N) is 2. The first-order valence-corrected chi connectivity index (χ1v) is 14.4. The van der Waals surface area contributed by atoms with Crippen molar-refractivity contribution in [1.82, 2.24) is 9.80 Å². The Balaban J connectivity index is 1.48. The van der Waals surface area contributed by atoms with Crippen molar-refractivity contribution in [3.8, 4) is 0 Å². The van der Waals surface area contributed by atoms with Crippen LogP contribution in [0, 0.1) is 0 Å². The van der Waals surface area contributed by atoms with E-state index in [1.807, 2.05) is 65.6 Å². The maximum absolute atomic E-state index is 13.7. The third kappa shape index (κ3) is 4.39. The summed E-state index contributed by atoms with van der Waals surface area (Å²) < 4.78 is 0. The van der Waals surface area contributed by atoms with E-state index >= 15 is 0 Å². The Morgan fingerprint density at radius 1 is 0.800 bits per heavy atom. The summed E-state index contributed by atoms with van der Waals surface area (Å²) in [5.41, 5.74) is 8.10. The van der Waals surface area contributed by atoms with Gasteiger partial charge in [0.1, 0.15) is 0 Å². The third-order valence-electron chi connectivity index (χ3n) is 9.58. The fourth-order valence-electron chi connectivity index (χ4n) is 7.33. The van der Waals surface area contributed by atoms with Crippen LogP contribution in [-0.4, -0.2) is 53.8 Å². The summed E-state index contributed by atoms with van der Waals surface area (Å²) in [5.74, 6) is -0.199. The molecule has 4 aromatic carbocycles. The van der Waals surface area contributed by atoms with Gasteiger partial charge in [-0.3, -0.25) is 14.5 Å². The Morgan fingerprint density at radius 2 is 1.48 bits per heavy atom. The fraction of sp³-hybridized carbons (Fsp3) is 0.314. The van der Waals surface area contributed by atoms with Crippen LogP contribution in [0.15, 0.2) is 103 Å². The summed E-state index contributed by atoms with van der Waals surface area (Å²) >= 11 is 0. The first-order chi connectivity index (χ1) is 19.5. The largest absolute Gasteiger partial charge is 0.369 e. The molecule has 6 rings (SSSR count). The molecule has 4 aromatic rings. The monoisotopic (exact) mass is 531 g/mol. The van der Waals surface area contributed by atoms with E-state index < -0.39 is 5.41 Å². The van der Waals surface area contributed by atoms with Crippen LogP contribution in [0.4, 0.5) is 0 Å². The van der Waals surface area contributed by atoms with E-state index in [2.05, 4.69) is 54.3 Å². The lowest BCUT2D eigenvalue weighted by atomic mass is 9.61. The number of carbonyl (C=O) groups is 2. The molecule has 2 saturated heterocycles. The first-order valence-electron chi connectivity index (χ1n) is 14.4. The molecule has 204 valence electrons. The first kappa shape index (κ1) is 26.3. The van der Waals surface area contributed by atoms with Gasteiger partial charge in [0.05, 0.1) is 5.41 Å². The maximum atomic E-state index is 13.7. The number of fused-ring (bicyclic) bond motifs is 1. The van der Waals surface area contributed by atoms with Gasteiger partial charge in [0.2, 0.25) is 5.91 Å². The number of amides is 2. The van der Waals surface area contributed by atoms with Crippen LogP contribution < -0.4 is 5.73 Å². The molecular weight excluding hydrogens is 494 g/mol. The molecule has 0 bridgehead atoms. The minimum Gasteiger partial charge on any atom is -0.369 e. The van der Waals surface area contributed by atoms with E-state index in [9.17, 15) is 9.59 Å². The second-order valence-corrected chi connectivity index (χ2v) is 11.5. The molecule has 3 unspecified atom stereocenters. The quantitative estimate of drug-likeness (QED) is 0.356. The highest BCUT2D eigenvalue weighted by Crippen LogP contribution is 2.49. The number of rotatable bonds is 6. The normalized spacial score (nSPS) is 25.2. The van der Waals surface area contributed by atoms with Crippen LogP contribution in [0.5, 0.6) is 0 Å². The zero-order valence-corrected chi connectivity index (χ0v) is 23.1. The van der Waals surface area contributed by atoms with Gasteiger partial charge in [0.25, 0.3) is 5.91 Å². The van der Waals surface area contributed by atoms with E-state index in [4.69, 9.17) is 5.73 Å².